The van der Waals surface area contributed by atoms with E-state index < -0.39 is 24.2 Å². The van der Waals surface area contributed by atoms with Crippen molar-refractivity contribution in [3.63, 3.8) is 0 Å². The molecular weight excluding hydrogens is 1860 g/mol. The molecule has 8 aromatic heterocycles. The summed E-state index contributed by atoms with van der Waals surface area (Å²) in [5.41, 5.74) is 37.8. The summed E-state index contributed by atoms with van der Waals surface area (Å²) in [4.78, 5) is 32.3. The van der Waals surface area contributed by atoms with Gasteiger partial charge in [0.05, 0.1) is 66.9 Å². The van der Waals surface area contributed by atoms with Gasteiger partial charge in [0, 0.05) is 148 Å². The predicted molar refractivity (Wildman–Crippen MR) is 627 cm³/mol. The third-order valence-corrected chi connectivity index (χ3v) is 42.4. The molecule has 149 heavy (non-hydrogen) atoms. The number of fused-ring (bicyclic) bond motifs is 27. The minimum atomic E-state index is -2.10. The summed E-state index contributed by atoms with van der Waals surface area (Å²) >= 11 is 0. The van der Waals surface area contributed by atoms with Gasteiger partial charge < -0.3 is 22.7 Å². The van der Waals surface area contributed by atoms with Crippen molar-refractivity contribution in [2.45, 2.75) is 58.5 Å². The van der Waals surface area contributed by atoms with Gasteiger partial charge in [-0.2, -0.15) is 0 Å². The van der Waals surface area contributed by atoms with Crippen molar-refractivity contribution in [1.29, 1.82) is 0 Å². The highest BCUT2D eigenvalue weighted by atomic mass is 28.3. The second-order valence-corrected chi connectivity index (χ2v) is 55.1. The van der Waals surface area contributed by atoms with Gasteiger partial charge in [-0.25, -0.2) is 29.9 Å². The van der Waals surface area contributed by atoms with Gasteiger partial charge in [0.2, 0.25) is 0 Å². The summed E-state index contributed by atoms with van der Waals surface area (Å²) < 4.78 is 16.1. The average molecular weight is 1960 g/mol. The van der Waals surface area contributed by atoms with Gasteiger partial charge in [-0.05, 0) is 158 Å². The van der Waals surface area contributed by atoms with Gasteiger partial charge in [-0.3, -0.25) is 0 Å². The maximum Gasteiger partial charge on any atom is 0.159 e. The van der Waals surface area contributed by atoms with Gasteiger partial charge >= 0.3 is 0 Å². The van der Waals surface area contributed by atoms with Crippen molar-refractivity contribution in [2.24, 2.45) is 0 Å². The van der Waals surface area contributed by atoms with Crippen LogP contribution in [0.3, 0.4) is 0 Å². The molecule has 0 bridgehead atoms. The van der Waals surface area contributed by atoms with Crippen LogP contribution in [0.1, 0.15) is 25.0 Å². The number of aromatic nitrogens is 10. The first kappa shape index (κ1) is 87.6. The van der Waals surface area contributed by atoms with Crippen molar-refractivity contribution < 1.29 is 4.42 Å². The lowest BCUT2D eigenvalue weighted by Gasteiger charge is -2.21. The molecular formula is C135H98N10OSi3. The van der Waals surface area contributed by atoms with Crippen molar-refractivity contribution >= 4 is 165 Å². The Bertz CT molecular complexity index is 10300. The number of hydrogen-bond donors (Lipinski definition) is 0. The van der Waals surface area contributed by atoms with Crippen molar-refractivity contribution in [2.75, 3.05) is 0 Å². The van der Waals surface area contributed by atoms with Gasteiger partial charge in [0.25, 0.3) is 0 Å². The van der Waals surface area contributed by atoms with Crippen LogP contribution < -0.4 is 31.5 Å². The molecule has 14 heteroatoms. The normalized spacial score (nSPS) is 13.9. The standard InChI is InChI=1S/C48H34N4Si.C45H35N3Si.C42H29N3OSi/c1-53(2)44-27-14-11-24-37(44)45-46(49-47(50-48(45)53)31-16-5-3-6-17-31)32-18-15-21-34(28-32)52-41-26-13-10-23-36(41)39-29-38-35-22-9-12-25-40(35)51(42(38)30-43(39)52)33-19-7-4-8-20-33;1-45(2)36-22-11-8-19-31(36)34-26-35-32-20-9-12-23-38(32)48(39(35)27-37(34)45)30-18-14-17-29(25-30)42-41-33-21-10-13-24-40(33)49(3,4)44(41)47-43(46-42)28-15-6-5-7-16-28;1-47(2)38-23-13-9-19-30(38)39-40(43-41(44-42(39)47)26-14-4-3-5-15-26)29-18-7-11-21-34(29)45-33-20-10-6-16-27(33)31-24-32-28-17-8-12-22-36(28)46-37(32)25-35(31)45/h3-30H,1-2H3;5-27H,1-4H3;3-25H,1-2H3. The number of para-hydroxylation sites is 7. The summed E-state index contributed by atoms with van der Waals surface area (Å²) in [5.74, 6) is 2.35. The Morgan fingerprint density at radius 1 is 0.208 bits per heavy atom. The van der Waals surface area contributed by atoms with Crippen molar-refractivity contribution in [3.05, 3.63) is 460 Å². The van der Waals surface area contributed by atoms with Gasteiger partial charge in [0.15, 0.2) is 17.5 Å². The highest BCUT2D eigenvalue weighted by molar-refractivity contribution is 7.04. The Hall–Kier alpha value is -17.9. The average Bonchev–Trinajstić information content (AvgIpc) is 1.58. The van der Waals surface area contributed by atoms with Crippen LogP contribution in [0.2, 0.25) is 39.3 Å². The summed E-state index contributed by atoms with van der Waals surface area (Å²) in [5, 5.41) is 20.1. The molecule has 0 unspecified atom stereocenters. The molecule has 0 N–H and O–H groups in total. The topological polar surface area (TPSA) is 110 Å². The largest absolute Gasteiger partial charge is 0.456 e. The van der Waals surface area contributed by atoms with E-state index >= 15 is 0 Å². The summed E-state index contributed by atoms with van der Waals surface area (Å²) in [6.07, 6.45) is 0. The maximum absolute atomic E-state index is 6.42. The summed E-state index contributed by atoms with van der Waals surface area (Å²) in [7, 11) is -6.24. The molecule has 31 rings (SSSR count). The molecule has 706 valence electrons. The van der Waals surface area contributed by atoms with Crippen LogP contribution in [0, 0.1) is 0 Å². The van der Waals surface area contributed by atoms with Gasteiger partial charge in [0.1, 0.15) is 35.4 Å². The fourth-order valence-electron chi connectivity index (χ4n) is 25.3. The maximum atomic E-state index is 6.42. The van der Waals surface area contributed by atoms with Crippen LogP contribution in [-0.2, 0) is 5.41 Å². The number of benzene rings is 19. The Labute approximate surface area is 864 Å². The highest BCUT2D eigenvalue weighted by Gasteiger charge is 2.46. The lowest BCUT2D eigenvalue weighted by atomic mass is 9.82. The Balaban J connectivity index is 0.000000105. The van der Waals surface area contributed by atoms with E-state index in [1.165, 1.54) is 163 Å². The molecule has 0 spiro atoms. The molecule has 0 radical (unpaired) electrons. The first-order valence-electron chi connectivity index (χ1n) is 51.5. The SMILES string of the molecule is CC1(C)c2ccccc2-c2cc3c4ccccc4n(-c4cccc(-c5nc(-c6ccccc6)nc6c5-c5ccccc5[Si]6(C)C)c4)c3cc21.C[Si]1(C)c2ccccc2-c2c(-c3cccc(-n4c5ccccc5c5cc6c7ccccc7n(-c7ccccc7)c6cc54)c3)nc(-c3ccccc3)nc21.C[Si]1(C)c2ccccc2-c2c(-c3ccccc3-n3c4ccccc4c4cc5c(cc43)oc3ccccc35)nc(-c3ccccc3)nc21. The predicted octanol–water partition coefficient (Wildman–Crippen LogP) is 30.4. The van der Waals surface area contributed by atoms with Crippen LogP contribution >= 0.6 is 0 Å². The lowest BCUT2D eigenvalue weighted by molar-refractivity contribution is 0.661. The number of rotatable bonds is 10. The Morgan fingerprint density at radius 2 is 0.544 bits per heavy atom. The van der Waals surface area contributed by atoms with Crippen molar-refractivity contribution in [3.8, 4) is 135 Å². The molecule has 0 amide bonds. The zero-order valence-electron chi connectivity index (χ0n) is 83.6. The number of furan rings is 1. The fraction of sp³-hybridized carbons (Fsp3) is 0.0667. The van der Waals surface area contributed by atoms with Crippen LogP contribution in [0.4, 0.5) is 0 Å². The third kappa shape index (κ3) is 13.3. The Morgan fingerprint density at radius 3 is 1.02 bits per heavy atom. The molecule has 3 aliphatic heterocycles. The molecule has 0 fully saturated rings. The van der Waals surface area contributed by atoms with Crippen LogP contribution in [0.5, 0.6) is 0 Å². The third-order valence-electron chi connectivity index (χ3n) is 32.4. The van der Waals surface area contributed by atoms with E-state index in [4.69, 9.17) is 34.3 Å². The van der Waals surface area contributed by atoms with E-state index in [0.717, 1.165) is 124 Å². The molecule has 19 aromatic carbocycles. The number of hydrogen-bond acceptors (Lipinski definition) is 7. The van der Waals surface area contributed by atoms with E-state index in [9.17, 15) is 0 Å². The van der Waals surface area contributed by atoms with Crippen molar-refractivity contribution in [1.82, 2.24) is 48.2 Å². The van der Waals surface area contributed by atoms with E-state index in [0.29, 0.717) is 0 Å². The molecule has 4 aliphatic rings. The summed E-state index contributed by atoms with van der Waals surface area (Å²) in [6, 6.07) is 162. The molecule has 11 nitrogen and oxygen atoms in total. The fourth-order valence-corrected chi connectivity index (χ4v) is 34.0. The van der Waals surface area contributed by atoms with Crippen LogP contribution in [-0.4, -0.2) is 72.4 Å². The first-order chi connectivity index (χ1) is 73.0. The molecule has 27 aromatic rings. The Kier molecular flexibility index (Phi) is 19.6. The first-order valence-corrected chi connectivity index (χ1v) is 60.5. The van der Waals surface area contributed by atoms with Gasteiger partial charge in [-0.1, -0.05) is 393 Å². The zero-order valence-corrected chi connectivity index (χ0v) is 86.6. The zero-order chi connectivity index (χ0) is 99.6. The second-order valence-electron chi connectivity index (χ2n) is 42.3. The van der Waals surface area contributed by atoms with Crippen LogP contribution in [0.15, 0.2) is 453 Å². The lowest BCUT2D eigenvalue weighted by Crippen LogP contribution is -2.50. The molecule has 11 heterocycles. The van der Waals surface area contributed by atoms with Gasteiger partial charge in [-0.15, -0.1) is 0 Å². The number of nitrogens with zero attached hydrogens (tertiary/aromatic N) is 10. The van der Waals surface area contributed by atoms with E-state index in [2.05, 4.69) is 502 Å². The molecule has 0 saturated carbocycles. The minimum Gasteiger partial charge on any atom is -0.456 e. The van der Waals surface area contributed by atoms with Crippen LogP contribution in [0.25, 0.3) is 244 Å². The quantitative estimate of drug-likeness (QED) is 0.125. The monoisotopic (exact) mass is 1960 g/mol. The smallest absolute Gasteiger partial charge is 0.159 e. The molecule has 0 saturated heterocycles. The molecule has 0 atom stereocenters. The van der Waals surface area contributed by atoms with E-state index in [1.54, 1.807) is 0 Å². The molecule has 1 aliphatic carbocycles. The van der Waals surface area contributed by atoms with E-state index in [-0.39, 0.29) is 5.41 Å². The second kappa shape index (κ2) is 33.3. The highest BCUT2D eigenvalue weighted by Crippen LogP contribution is 2.53. The summed E-state index contributed by atoms with van der Waals surface area (Å²) in [6.45, 7) is 19.3. The van der Waals surface area contributed by atoms with E-state index in [1.807, 2.05) is 18.2 Å². The minimum absolute atomic E-state index is 0.0807.